The van der Waals surface area contributed by atoms with Crippen molar-refractivity contribution in [3.8, 4) is 0 Å². The van der Waals surface area contributed by atoms with Crippen LogP contribution in [0.3, 0.4) is 0 Å². The molecule has 0 aliphatic heterocycles. The second kappa shape index (κ2) is 5.61. The Hall–Kier alpha value is -1.67. The molecule has 1 amide bonds. The first-order chi connectivity index (χ1) is 10.1. The molecular weight excluding hydrogens is 381 g/mol. The summed E-state index contributed by atoms with van der Waals surface area (Å²) in [7, 11) is 0. The Bertz CT molecular complexity index is 672. The maximum atomic E-state index is 11.4. The Morgan fingerprint density at radius 2 is 2.00 bits per heavy atom. The van der Waals surface area contributed by atoms with Crippen LogP contribution in [0.4, 0.5) is 5.82 Å². The van der Waals surface area contributed by atoms with Gasteiger partial charge in [0.05, 0.1) is 14.7 Å². The van der Waals surface area contributed by atoms with Gasteiger partial charge in [-0.2, -0.15) is 0 Å². The molecule has 1 aliphatic rings. The number of nitrogens with one attached hydrogen (secondary N) is 2. The normalized spacial score (nSPS) is 15.3. The van der Waals surface area contributed by atoms with Crippen LogP contribution in [0.15, 0.2) is 42.6 Å². The summed E-state index contributed by atoms with van der Waals surface area (Å²) in [5.41, 5.74) is 3.15. The number of carbonyl (C=O) groups excluding carboxylic acids is 1. The zero-order valence-corrected chi connectivity index (χ0v) is 13.3. The third-order valence-corrected chi connectivity index (χ3v) is 4.46. The van der Waals surface area contributed by atoms with E-state index in [0.717, 1.165) is 22.2 Å². The van der Waals surface area contributed by atoms with E-state index < -0.39 is 5.91 Å². The number of pyridine rings is 1. The molecule has 1 aromatic heterocycles. The molecule has 0 unspecified atom stereocenters. The van der Waals surface area contributed by atoms with Crippen LogP contribution in [0.5, 0.6) is 0 Å². The third kappa shape index (κ3) is 2.86. The van der Waals surface area contributed by atoms with Crippen LogP contribution in [-0.4, -0.2) is 16.1 Å². The second-order valence-corrected chi connectivity index (χ2v) is 6.23. The van der Waals surface area contributed by atoms with Crippen LogP contribution in [-0.2, 0) is 5.54 Å². The van der Waals surface area contributed by atoms with Crippen molar-refractivity contribution in [2.45, 2.75) is 18.4 Å². The third-order valence-electron chi connectivity index (χ3n) is 3.64. The highest BCUT2D eigenvalue weighted by molar-refractivity contribution is 14.1. The van der Waals surface area contributed by atoms with Crippen LogP contribution < -0.4 is 10.8 Å². The predicted molar refractivity (Wildman–Crippen MR) is 87.2 cm³/mol. The van der Waals surface area contributed by atoms with Gasteiger partial charge in [-0.3, -0.25) is 10.0 Å². The molecule has 21 heavy (non-hydrogen) atoms. The first kappa shape index (κ1) is 14.3. The van der Waals surface area contributed by atoms with Crippen LogP contribution in [0.2, 0.25) is 0 Å². The van der Waals surface area contributed by atoms with Gasteiger partial charge in [-0.15, -0.1) is 0 Å². The van der Waals surface area contributed by atoms with E-state index in [1.54, 1.807) is 11.5 Å². The summed E-state index contributed by atoms with van der Waals surface area (Å²) < 4.78 is 0.843. The minimum Gasteiger partial charge on any atom is -0.360 e. The number of nitrogens with zero attached hydrogens (tertiary/aromatic N) is 1. The monoisotopic (exact) mass is 395 g/mol. The highest BCUT2D eigenvalue weighted by atomic mass is 127. The number of benzene rings is 1. The molecule has 0 saturated heterocycles. The van der Waals surface area contributed by atoms with Crippen LogP contribution in [0, 0.1) is 3.57 Å². The predicted octanol–water partition coefficient (Wildman–Crippen LogP) is 2.91. The van der Waals surface area contributed by atoms with Gasteiger partial charge in [0.15, 0.2) is 0 Å². The van der Waals surface area contributed by atoms with Crippen molar-refractivity contribution in [2.75, 3.05) is 5.32 Å². The molecule has 0 atom stereocenters. The second-order valence-electron chi connectivity index (χ2n) is 5.07. The molecule has 6 heteroatoms. The molecule has 1 aliphatic carbocycles. The van der Waals surface area contributed by atoms with E-state index in [0.29, 0.717) is 5.56 Å². The van der Waals surface area contributed by atoms with Crippen molar-refractivity contribution in [3.63, 3.8) is 0 Å². The molecule has 3 N–H and O–H groups in total. The van der Waals surface area contributed by atoms with Crippen LogP contribution in [0.25, 0.3) is 0 Å². The Balaban J connectivity index is 1.84. The molecule has 108 valence electrons. The van der Waals surface area contributed by atoms with Gasteiger partial charge in [-0.1, -0.05) is 30.3 Å². The maximum Gasteiger partial charge on any atom is 0.276 e. The SMILES string of the molecule is O=C(NO)c1cnc(NC2(c3ccccc3)CC2)c(I)c1. The number of amides is 1. The molecule has 1 fully saturated rings. The van der Waals surface area contributed by atoms with Gasteiger partial charge in [-0.25, -0.2) is 10.5 Å². The van der Waals surface area contributed by atoms with E-state index in [-0.39, 0.29) is 5.54 Å². The fourth-order valence-electron chi connectivity index (χ4n) is 2.31. The van der Waals surface area contributed by atoms with Crippen LogP contribution in [0.1, 0.15) is 28.8 Å². The number of aromatic nitrogens is 1. The molecule has 1 heterocycles. The minimum atomic E-state index is -0.559. The average molecular weight is 395 g/mol. The first-order valence-electron chi connectivity index (χ1n) is 6.58. The maximum absolute atomic E-state index is 11.4. The van der Waals surface area contributed by atoms with E-state index in [9.17, 15) is 4.79 Å². The molecule has 5 nitrogen and oxygen atoms in total. The summed E-state index contributed by atoms with van der Waals surface area (Å²) in [6.45, 7) is 0. The summed E-state index contributed by atoms with van der Waals surface area (Å²) in [4.78, 5) is 15.7. The van der Waals surface area contributed by atoms with Gasteiger partial charge >= 0.3 is 0 Å². The topological polar surface area (TPSA) is 74.2 Å². The van der Waals surface area contributed by atoms with Crippen molar-refractivity contribution in [2.24, 2.45) is 0 Å². The Kier molecular flexibility index (Phi) is 3.81. The molecule has 3 rings (SSSR count). The number of rotatable bonds is 4. The molecule has 1 aromatic carbocycles. The number of hydroxylamine groups is 1. The Labute approximate surface area is 135 Å². The highest BCUT2D eigenvalue weighted by Gasteiger charge is 2.44. The number of hydrogen-bond acceptors (Lipinski definition) is 4. The number of halogens is 1. The van der Waals surface area contributed by atoms with Crippen molar-refractivity contribution < 1.29 is 10.0 Å². The standard InChI is InChI=1S/C15H14IN3O2/c16-12-8-10(14(20)19-21)9-17-13(12)18-15(6-7-15)11-4-2-1-3-5-11/h1-5,8-9,21H,6-7H2,(H,17,18)(H,19,20). The quantitative estimate of drug-likeness (QED) is 0.423. The summed E-state index contributed by atoms with van der Waals surface area (Å²) in [6, 6.07) is 12.0. The number of carbonyl (C=O) groups is 1. The molecule has 0 bridgehead atoms. The zero-order valence-electron chi connectivity index (χ0n) is 11.1. The largest absolute Gasteiger partial charge is 0.360 e. The van der Waals surface area contributed by atoms with Gasteiger partial charge in [0.25, 0.3) is 5.91 Å². The van der Waals surface area contributed by atoms with Crippen molar-refractivity contribution in [1.82, 2.24) is 10.5 Å². The summed E-state index contributed by atoms with van der Waals surface area (Å²) in [5.74, 6) is 0.197. The first-order valence-corrected chi connectivity index (χ1v) is 7.66. The fourth-order valence-corrected chi connectivity index (χ4v) is 2.92. The van der Waals surface area contributed by atoms with Gasteiger partial charge in [0, 0.05) is 6.20 Å². The van der Waals surface area contributed by atoms with Crippen molar-refractivity contribution in [1.29, 1.82) is 0 Å². The number of hydrogen-bond donors (Lipinski definition) is 3. The van der Waals surface area contributed by atoms with E-state index >= 15 is 0 Å². The van der Waals surface area contributed by atoms with Crippen LogP contribution >= 0.6 is 22.6 Å². The molecule has 1 saturated carbocycles. The van der Waals surface area contributed by atoms with Gasteiger partial charge in [0.2, 0.25) is 0 Å². The lowest BCUT2D eigenvalue weighted by Crippen LogP contribution is -2.22. The summed E-state index contributed by atoms with van der Waals surface area (Å²) in [5, 5.41) is 12.1. The molecule has 0 spiro atoms. The highest BCUT2D eigenvalue weighted by Crippen LogP contribution is 2.48. The summed E-state index contributed by atoms with van der Waals surface area (Å²) >= 11 is 2.14. The lowest BCUT2D eigenvalue weighted by atomic mass is 10.1. The smallest absolute Gasteiger partial charge is 0.276 e. The van der Waals surface area contributed by atoms with E-state index in [2.05, 4.69) is 45.0 Å². The average Bonchev–Trinajstić information content (AvgIpc) is 3.30. The van der Waals surface area contributed by atoms with Crippen molar-refractivity contribution >= 4 is 34.3 Å². The molecule has 2 aromatic rings. The molecular formula is C15H14IN3O2. The van der Waals surface area contributed by atoms with Gasteiger partial charge in [-0.05, 0) is 47.1 Å². The van der Waals surface area contributed by atoms with Gasteiger partial charge in [0.1, 0.15) is 5.82 Å². The Morgan fingerprint density at radius 3 is 2.57 bits per heavy atom. The Morgan fingerprint density at radius 1 is 1.29 bits per heavy atom. The fraction of sp³-hybridized carbons (Fsp3) is 0.200. The lowest BCUT2D eigenvalue weighted by Gasteiger charge is -2.19. The lowest BCUT2D eigenvalue weighted by molar-refractivity contribution is 0.0706. The van der Waals surface area contributed by atoms with Crippen molar-refractivity contribution in [3.05, 3.63) is 57.3 Å². The number of anilines is 1. The summed E-state index contributed by atoms with van der Waals surface area (Å²) in [6.07, 6.45) is 3.58. The van der Waals surface area contributed by atoms with E-state index in [4.69, 9.17) is 5.21 Å². The minimum absolute atomic E-state index is 0.0467. The molecule has 0 radical (unpaired) electrons. The van der Waals surface area contributed by atoms with Gasteiger partial charge < -0.3 is 5.32 Å². The van der Waals surface area contributed by atoms with E-state index in [1.165, 1.54) is 11.8 Å². The van der Waals surface area contributed by atoms with E-state index in [1.807, 2.05) is 18.2 Å². The zero-order chi connectivity index (χ0) is 14.9.